The zero-order valence-electron chi connectivity index (χ0n) is 7.83. The standard InChI is InChI=1S/C10H16N2S/c1-2-4-9(5-3-1)8-13-10-11-6-7-12-10/h6-7,9H,1-5,8H2,(H,11,12). The number of hydrogen-bond acceptors (Lipinski definition) is 2. The summed E-state index contributed by atoms with van der Waals surface area (Å²) in [4.78, 5) is 7.34. The minimum absolute atomic E-state index is 0.934. The van der Waals surface area contributed by atoms with Gasteiger partial charge in [0, 0.05) is 18.1 Å². The van der Waals surface area contributed by atoms with E-state index < -0.39 is 0 Å². The molecule has 72 valence electrons. The van der Waals surface area contributed by atoms with Crippen LogP contribution in [0, 0.1) is 5.92 Å². The second-order valence-corrected chi connectivity index (χ2v) is 4.72. The van der Waals surface area contributed by atoms with E-state index in [2.05, 4.69) is 9.97 Å². The second kappa shape index (κ2) is 4.70. The molecule has 0 aromatic carbocycles. The molecule has 0 bridgehead atoms. The highest BCUT2D eigenvalue weighted by Gasteiger charge is 2.13. The first-order chi connectivity index (χ1) is 6.45. The maximum absolute atomic E-state index is 4.21. The van der Waals surface area contributed by atoms with Crippen LogP contribution < -0.4 is 0 Å². The summed E-state index contributed by atoms with van der Waals surface area (Å²) >= 11 is 1.87. The van der Waals surface area contributed by atoms with Crippen LogP contribution in [-0.2, 0) is 0 Å². The number of rotatable bonds is 3. The highest BCUT2D eigenvalue weighted by Crippen LogP contribution is 2.28. The van der Waals surface area contributed by atoms with Gasteiger partial charge in [0.1, 0.15) is 0 Å². The molecule has 0 atom stereocenters. The predicted molar refractivity (Wildman–Crippen MR) is 55.9 cm³/mol. The Kier molecular flexibility index (Phi) is 3.30. The van der Waals surface area contributed by atoms with Gasteiger partial charge >= 0.3 is 0 Å². The molecule has 0 unspecified atom stereocenters. The van der Waals surface area contributed by atoms with Gasteiger partial charge in [-0.1, -0.05) is 31.0 Å². The molecule has 2 rings (SSSR count). The Bertz CT molecular complexity index is 227. The van der Waals surface area contributed by atoms with Crippen molar-refractivity contribution in [3.8, 4) is 0 Å². The van der Waals surface area contributed by atoms with E-state index in [0.29, 0.717) is 0 Å². The zero-order chi connectivity index (χ0) is 8.93. The van der Waals surface area contributed by atoms with Crippen LogP contribution in [0.25, 0.3) is 0 Å². The summed E-state index contributed by atoms with van der Waals surface area (Å²) in [7, 11) is 0. The number of H-pyrrole nitrogens is 1. The third-order valence-corrected chi connectivity index (χ3v) is 3.79. The van der Waals surface area contributed by atoms with Crippen molar-refractivity contribution in [2.75, 3.05) is 5.75 Å². The van der Waals surface area contributed by atoms with Gasteiger partial charge in [-0.05, 0) is 18.8 Å². The summed E-state index contributed by atoms with van der Waals surface area (Å²) in [5.74, 6) is 2.18. The Labute approximate surface area is 83.5 Å². The Hall–Kier alpha value is -0.440. The Balaban J connectivity index is 1.72. The summed E-state index contributed by atoms with van der Waals surface area (Å²) in [6.45, 7) is 0. The van der Waals surface area contributed by atoms with Gasteiger partial charge in [-0.2, -0.15) is 0 Å². The number of hydrogen-bond donors (Lipinski definition) is 1. The molecule has 0 saturated heterocycles. The van der Waals surface area contributed by atoms with Crippen LogP contribution in [0.4, 0.5) is 0 Å². The number of nitrogens with one attached hydrogen (secondary N) is 1. The first-order valence-electron chi connectivity index (χ1n) is 5.07. The van der Waals surface area contributed by atoms with Crippen molar-refractivity contribution in [3.63, 3.8) is 0 Å². The number of aromatic nitrogens is 2. The van der Waals surface area contributed by atoms with E-state index in [9.17, 15) is 0 Å². The van der Waals surface area contributed by atoms with Crippen LogP contribution in [0.5, 0.6) is 0 Å². The molecular formula is C10H16N2S. The van der Waals surface area contributed by atoms with E-state index in [4.69, 9.17) is 0 Å². The minimum atomic E-state index is 0.934. The fourth-order valence-corrected chi connectivity index (χ4v) is 2.89. The van der Waals surface area contributed by atoms with Crippen molar-refractivity contribution < 1.29 is 0 Å². The van der Waals surface area contributed by atoms with Gasteiger partial charge in [-0.15, -0.1) is 0 Å². The van der Waals surface area contributed by atoms with E-state index in [-0.39, 0.29) is 0 Å². The molecule has 0 spiro atoms. The van der Waals surface area contributed by atoms with Gasteiger partial charge in [-0.25, -0.2) is 4.98 Å². The number of imidazole rings is 1. The molecule has 0 radical (unpaired) electrons. The summed E-state index contributed by atoms with van der Waals surface area (Å²) in [5, 5.41) is 1.07. The summed E-state index contributed by atoms with van der Waals surface area (Å²) < 4.78 is 0. The predicted octanol–water partition coefficient (Wildman–Crippen LogP) is 3.08. The smallest absolute Gasteiger partial charge is 0.165 e. The van der Waals surface area contributed by atoms with E-state index in [1.165, 1.54) is 37.9 Å². The van der Waals surface area contributed by atoms with Crippen LogP contribution in [0.3, 0.4) is 0 Å². The van der Waals surface area contributed by atoms with Crippen molar-refractivity contribution in [1.29, 1.82) is 0 Å². The molecule has 1 aromatic rings. The lowest BCUT2D eigenvalue weighted by Gasteiger charge is -2.20. The van der Waals surface area contributed by atoms with Crippen LogP contribution in [-0.4, -0.2) is 15.7 Å². The third kappa shape index (κ3) is 2.76. The monoisotopic (exact) mass is 196 g/mol. The van der Waals surface area contributed by atoms with Crippen molar-refractivity contribution in [3.05, 3.63) is 12.4 Å². The van der Waals surface area contributed by atoms with Gasteiger partial charge in [0.25, 0.3) is 0 Å². The molecule has 1 saturated carbocycles. The fraction of sp³-hybridized carbons (Fsp3) is 0.700. The van der Waals surface area contributed by atoms with Crippen LogP contribution in [0.1, 0.15) is 32.1 Å². The normalized spacial score (nSPS) is 19.1. The molecule has 1 heterocycles. The van der Waals surface area contributed by atoms with Crippen molar-refractivity contribution in [2.45, 2.75) is 37.3 Å². The molecular weight excluding hydrogens is 180 g/mol. The van der Waals surface area contributed by atoms with Gasteiger partial charge < -0.3 is 4.98 Å². The first-order valence-corrected chi connectivity index (χ1v) is 6.06. The Morgan fingerprint density at radius 3 is 2.92 bits per heavy atom. The average Bonchev–Trinajstić information content (AvgIpc) is 2.69. The second-order valence-electron chi connectivity index (χ2n) is 3.71. The molecule has 0 aliphatic heterocycles. The average molecular weight is 196 g/mol. The summed E-state index contributed by atoms with van der Waals surface area (Å²) in [6, 6.07) is 0. The molecule has 1 aromatic heterocycles. The summed E-state index contributed by atoms with van der Waals surface area (Å²) in [6.07, 6.45) is 10.9. The van der Waals surface area contributed by atoms with Gasteiger partial charge in [-0.3, -0.25) is 0 Å². The summed E-state index contributed by atoms with van der Waals surface area (Å²) in [5.41, 5.74) is 0. The van der Waals surface area contributed by atoms with Crippen LogP contribution in [0.2, 0.25) is 0 Å². The molecule has 3 heteroatoms. The molecule has 13 heavy (non-hydrogen) atoms. The topological polar surface area (TPSA) is 28.7 Å². The SMILES string of the molecule is c1c[nH]c(SCC2CCCCC2)n1. The first kappa shape index (κ1) is 9.13. The quantitative estimate of drug-likeness (QED) is 0.753. The molecule has 1 N–H and O–H groups in total. The van der Waals surface area contributed by atoms with E-state index >= 15 is 0 Å². The fourth-order valence-electron chi connectivity index (χ4n) is 1.88. The maximum atomic E-state index is 4.21. The Morgan fingerprint density at radius 1 is 1.38 bits per heavy atom. The van der Waals surface area contributed by atoms with E-state index in [1.54, 1.807) is 0 Å². The molecule has 2 nitrogen and oxygen atoms in total. The highest BCUT2D eigenvalue weighted by molar-refractivity contribution is 7.99. The van der Waals surface area contributed by atoms with Gasteiger partial charge in [0.2, 0.25) is 0 Å². The van der Waals surface area contributed by atoms with Crippen molar-refractivity contribution >= 4 is 11.8 Å². The minimum Gasteiger partial charge on any atom is -0.340 e. The van der Waals surface area contributed by atoms with Gasteiger partial charge in [0.15, 0.2) is 5.16 Å². The largest absolute Gasteiger partial charge is 0.340 e. The number of aromatic amines is 1. The van der Waals surface area contributed by atoms with E-state index in [1.807, 2.05) is 24.2 Å². The third-order valence-electron chi connectivity index (χ3n) is 2.65. The van der Waals surface area contributed by atoms with Crippen LogP contribution in [0.15, 0.2) is 17.6 Å². The molecule has 1 fully saturated rings. The highest BCUT2D eigenvalue weighted by atomic mass is 32.2. The lowest BCUT2D eigenvalue weighted by molar-refractivity contribution is 0.391. The van der Waals surface area contributed by atoms with Crippen LogP contribution >= 0.6 is 11.8 Å². The van der Waals surface area contributed by atoms with Crippen molar-refractivity contribution in [2.24, 2.45) is 5.92 Å². The molecule has 1 aliphatic rings. The molecule has 0 amide bonds. The maximum Gasteiger partial charge on any atom is 0.165 e. The lowest BCUT2D eigenvalue weighted by atomic mass is 9.91. The number of nitrogens with zero attached hydrogens (tertiary/aromatic N) is 1. The Morgan fingerprint density at radius 2 is 2.23 bits per heavy atom. The zero-order valence-corrected chi connectivity index (χ0v) is 8.65. The number of thioether (sulfide) groups is 1. The van der Waals surface area contributed by atoms with E-state index in [0.717, 1.165) is 11.1 Å². The van der Waals surface area contributed by atoms with Gasteiger partial charge in [0.05, 0.1) is 0 Å². The molecule has 1 aliphatic carbocycles. The lowest BCUT2D eigenvalue weighted by Crippen LogP contribution is -2.08. The van der Waals surface area contributed by atoms with Crippen molar-refractivity contribution in [1.82, 2.24) is 9.97 Å².